The zero-order valence-electron chi connectivity index (χ0n) is 16.0. The van der Waals surface area contributed by atoms with Crippen molar-refractivity contribution in [3.8, 4) is 17.6 Å². The molecule has 5 nitrogen and oxygen atoms in total. The minimum Gasteiger partial charge on any atom is -0.493 e. The van der Waals surface area contributed by atoms with Crippen molar-refractivity contribution in [1.29, 1.82) is 5.26 Å². The van der Waals surface area contributed by atoms with Crippen molar-refractivity contribution in [1.82, 2.24) is 4.90 Å². The van der Waals surface area contributed by atoms with Crippen molar-refractivity contribution in [2.45, 2.75) is 26.8 Å². The zero-order chi connectivity index (χ0) is 20.0. The Labute approximate surface area is 165 Å². The second-order valence-electron chi connectivity index (χ2n) is 5.92. The second-order valence-corrected chi connectivity index (χ2v) is 6.33. The van der Waals surface area contributed by atoms with E-state index in [9.17, 15) is 4.79 Å². The highest BCUT2D eigenvalue weighted by molar-refractivity contribution is 6.32. The van der Waals surface area contributed by atoms with Gasteiger partial charge in [0.05, 0.1) is 36.4 Å². The summed E-state index contributed by atoms with van der Waals surface area (Å²) in [4.78, 5) is 14.9. The van der Waals surface area contributed by atoms with Gasteiger partial charge in [0.2, 0.25) is 0 Å². The molecule has 1 amide bonds. The monoisotopic (exact) mass is 386 g/mol. The lowest BCUT2D eigenvalue weighted by molar-refractivity contribution is 0.0702. The van der Waals surface area contributed by atoms with Gasteiger partial charge in [-0.1, -0.05) is 23.7 Å². The van der Waals surface area contributed by atoms with Crippen LogP contribution in [0.15, 0.2) is 36.4 Å². The minimum atomic E-state index is -0.161. The third-order valence-electron chi connectivity index (χ3n) is 4.36. The largest absolute Gasteiger partial charge is 0.493 e. The van der Waals surface area contributed by atoms with Crippen LogP contribution in [0.3, 0.4) is 0 Å². The van der Waals surface area contributed by atoms with Crippen LogP contribution >= 0.6 is 11.6 Å². The van der Waals surface area contributed by atoms with Crippen LogP contribution in [0.25, 0.3) is 0 Å². The minimum absolute atomic E-state index is 0.155. The third kappa shape index (κ3) is 4.53. The number of carbonyl (C=O) groups excluding carboxylic acids is 1. The molecule has 2 aromatic rings. The summed E-state index contributed by atoms with van der Waals surface area (Å²) < 4.78 is 10.9. The predicted octanol–water partition coefficient (Wildman–Crippen LogP) is 4.84. The van der Waals surface area contributed by atoms with E-state index in [-0.39, 0.29) is 11.9 Å². The first-order valence-electron chi connectivity index (χ1n) is 8.78. The number of nitrogens with zero attached hydrogens (tertiary/aromatic N) is 2. The maximum absolute atomic E-state index is 13.1. The molecule has 0 spiro atoms. The Balaban J connectivity index is 2.35. The number of carbonyl (C=O) groups is 1. The highest BCUT2D eigenvalue weighted by atomic mass is 35.5. The summed E-state index contributed by atoms with van der Waals surface area (Å²) in [7, 11) is 1.51. The molecule has 0 N–H and O–H groups in total. The maximum atomic E-state index is 13.1. The first-order chi connectivity index (χ1) is 13.0. The SMILES string of the molecule is CCOc1c(Cl)cc(C(=O)N(CC)C(C)c2ccc(C#N)cc2)cc1OC. The van der Waals surface area contributed by atoms with Gasteiger partial charge >= 0.3 is 0 Å². The Morgan fingerprint density at radius 2 is 1.93 bits per heavy atom. The fourth-order valence-electron chi connectivity index (χ4n) is 2.90. The quantitative estimate of drug-likeness (QED) is 0.682. The van der Waals surface area contributed by atoms with Crippen LogP contribution in [0.4, 0.5) is 0 Å². The van der Waals surface area contributed by atoms with Crippen LogP contribution in [0.5, 0.6) is 11.5 Å². The number of methoxy groups -OCH3 is 1. The number of halogens is 1. The molecular formula is C21H23ClN2O3. The van der Waals surface area contributed by atoms with E-state index in [1.54, 1.807) is 29.2 Å². The number of hydrogen-bond acceptors (Lipinski definition) is 4. The van der Waals surface area contributed by atoms with E-state index in [2.05, 4.69) is 6.07 Å². The molecule has 0 aliphatic heterocycles. The van der Waals surface area contributed by atoms with E-state index in [4.69, 9.17) is 26.3 Å². The number of rotatable bonds is 7. The molecule has 0 radical (unpaired) electrons. The third-order valence-corrected chi connectivity index (χ3v) is 4.64. The molecule has 2 aromatic carbocycles. The van der Waals surface area contributed by atoms with Crippen LogP contribution in [-0.4, -0.2) is 31.1 Å². The summed E-state index contributed by atoms with van der Waals surface area (Å²) in [5.41, 5.74) is 1.97. The highest BCUT2D eigenvalue weighted by Crippen LogP contribution is 2.37. The van der Waals surface area contributed by atoms with Crippen molar-refractivity contribution in [3.63, 3.8) is 0 Å². The van der Waals surface area contributed by atoms with Crippen LogP contribution in [0.2, 0.25) is 5.02 Å². The van der Waals surface area contributed by atoms with Crippen LogP contribution in [-0.2, 0) is 0 Å². The van der Waals surface area contributed by atoms with E-state index in [1.165, 1.54) is 7.11 Å². The van der Waals surface area contributed by atoms with E-state index in [1.807, 2.05) is 32.9 Å². The van der Waals surface area contributed by atoms with Crippen LogP contribution in [0, 0.1) is 11.3 Å². The lowest BCUT2D eigenvalue weighted by Crippen LogP contribution is -2.33. The normalized spacial score (nSPS) is 11.4. The molecule has 0 saturated carbocycles. The molecule has 142 valence electrons. The first kappa shape index (κ1) is 20.6. The van der Waals surface area contributed by atoms with E-state index in [0.29, 0.717) is 40.8 Å². The summed E-state index contributed by atoms with van der Waals surface area (Å²) in [5, 5.41) is 9.28. The highest BCUT2D eigenvalue weighted by Gasteiger charge is 2.24. The lowest BCUT2D eigenvalue weighted by Gasteiger charge is -2.29. The van der Waals surface area contributed by atoms with Crippen LogP contribution in [0.1, 0.15) is 48.3 Å². The summed E-state index contributed by atoms with van der Waals surface area (Å²) in [5.74, 6) is 0.703. The molecule has 2 rings (SSSR count). The number of benzene rings is 2. The fourth-order valence-corrected chi connectivity index (χ4v) is 3.17. The predicted molar refractivity (Wildman–Crippen MR) is 105 cm³/mol. The Hall–Kier alpha value is -2.71. The Kier molecular flexibility index (Phi) is 7.09. The summed E-state index contributed by atoms with van der Waals surface area (Å²) in [6.45, 7) is 6.70. The summed E-state index contributed by atoms with van der Waals surface area (Å²) >= 11 is 6.31. The molecule has 27 heavy (non-hydrogen) atoms. The van der Waals surface area contributed by atoms with Gasteiger partial charge in [-0.25, -0.2) is 0 Å². The average Bonchev–Trinajstić information content (AvgIpc) is 2.69. The van der Waals surface area contributed by atoms with Gasteiger partial charge in [0.25, 0.3) is 5.91 Å². The Morgan fingerprint density at radius 1 is 1.26 bits per heavy atom. The number of hydrogen-bond donors (Lipinski definition) is 0. The second kappa shape index (κ2) is 9.29. The van der Waals surface area contributed by atoms with E-state index < -0.39 is 0 Å². The van der Waals surface area contributed by atoms with Gasteiger partial charge < -0.3 is 14.4 Å². The first-order valence-corrected chi connectivity index (χ1v) is 9.15. The van der Waals surface area contributed by atoms with Crippen molar-refractivity contribution in [3.05, 3.63) is 58.1 Å². The average molecular weight is 387 g/mol. The fraction of sp³-hybridized carbons (Fsp3) is 0.333. The molecule has 0 saturated heterocycles. The molecule has 0 bridgehead atoms. The number of nitriles is 1. The summed E-state index contributed by atoms with van der Waals surface area (Å²) in [6.07, 6.45) is 0. The molecule has 1 atom stereocenters. The van der Waals surface area contributed by atoms with Crippen molar-refractivity contribution in [2.75, 3.05) is 20.3 Å². The van der Waals surface area contributed by atoms with Crippen molar-refractivity contribution >= 4 is 17.5 Å². The van der Waals surface area contributed by atoms with Gasteiger partial charge in [-0.05, 0) is 50.6 Å². The molecule has 6 heteroatoms. The molecule has 0 aromatic heterocycles. The smallest absolute Gasteiger partial charge is 0.254 e. The topological polar surface area (TPSA) is 62.6 Å². The number of amides is 1. The van der Waals surface area contributed by atoms with Gasteiger partial charge in [0.15, 0.2) is 11.5 Å². The summed E-state index contributed by atoms with van der Waals surface area (Å²) in [6, 6.07) is 12.4. The Morgan fingerprint density at radius 3 is 2.44 bits per heavy atom. The number of ether oxygens (including phenoxy) is 2. The van der Waals surface area contributed by atoms with Gasteiger partial charge in [-0.2, -0.15) is 5.26 Å². The molecule has 0 aliphatic rings. The van der Waals surface area contributed by atoms with Gasteiger partial charge in [-0.3, -0.25) is 4.79 Å². The standard InChI is InChI=1S/C21H23ClN2O3/c1-5-24(14(3)16-9-7-15(13-23)8-10-16)21(25)17-11-18(22)20(27-6-2)19(12-17)26-4/h7-12,14H,5-6H2,1-4H3. The van der Waals surface area contributed by atoms with Crippen molar-refractivity contribution < 1.29 is 14.3 Å². The molecular weight excluding hydrogens is 364 g/mol. The lowest BCUT2D eigenvalue weighted by atomic mass is 10.0. The van der Waals surface area contributed by atoms with Gasteiger partial charge in [0, 0.05) is 12.1 Å². The molecule has 1 unspecified atom stereocenters. The van der Waals surface area contributed by atoms with Crippen molar-refractivity contribution in [2.24, 2.45) is 0 Å². The molecule has 0 fully saturated rings. The van der Waals surface area contributed by atoms with Crippen LogP contribution < -0.4 is 9.47 Å². The van der Waals surface area contributed by atoms with E-state index >= 15 is 0 Å². The molecule has 0 aliphatic carbocycles. The van der Waals surface area contributed by atoms with Gasteiger partial charge in [0.1, 0.15) is 0 Å². The van der Waals surface area contributed by atoms with E-state index in [0.717, 1.165) is 5.56 Å². The molecule has 0 heterocycles. The Bertz CT molecular complexity index is 844. The maximum Gasteiger partial charge on any atom is 0.254 e. The zero-order valence-corrected chi connectivity index (χ0v) is 16.7. The van der Waals surface area contributed by atoms with Gasteiger partial charge in [-0.15, -0.1) is 0 Å².